The molecule has 0 radical (unpaired) electrons. The van der Waals surface area contributed by atoms with Crippen molar-refractivity contribution in [1.82, 2.24) is 4.31 Å². The highest BCUT2D eigenvalue weighted by Crippen LogP contribution is 2.35. The number of hydrogen-bond acceptors (Lipinski definition) is 5. The van der Waals surface area contributed by atoms with Gasteiger partial charge in [-0.3, -0.25) is 4.79 Å². The Kier molecular flexibility index (Phi) is 5.85. The lowest BCUT2D eigenvalue weighted by Gasteiger charge is -2.34. The van der Waals surface area contributed by atoms with Crippen LogP contribution in [0.1, 0.15) is 32.3 Å². The maximum atomic E-state index is 14.7. The summed E-state index contributed by atoms with van der Waals surface area (Å²) in [5, 5.41) is 2.78. The second kappa shape index (κ2) is 8.06. The number of rotatable bonds is 3. The van der Waals surface area contributed by atoms with Gasteiger partial charge in [0.2, 0.25) is 16.0 Å². The molecule has 1 unspecified atom stereocenters. The predicted molar refractivity (Wildman–Crippen MR) is 116 cm³/mol. The molecule has 1 amide bonds. The van der Waals surface area contributed by atoms with E-state index in [9.17, 15) is 17.6 Å². The second-order valence-electron chi connectivity index (χ2n) is 7.64. The molecule has 160 valence electrons. The molecular weight excluding hydrogens is 407 g/mol. The van der Waals surface area contributed by atoms with Crippen LogP contribution in [-0.2, 0) is 20.4 Å². The summed E-state index contributed by atoms with van der Waals surface area (Å²) in [5.41, 5.74) is 6.22. The summed E-state index contributed by atoms with van der Waals surface area (Å²) >= 11 is 0. The van der Waals surface area contributed by atoms with E-state index in [0.29, 0.717) is 11.3 Å². The van der Waals surface area contributed by atoms with Gasteiger partial charge in [0.25, 0.3) is 5.91 Å². The number of carbonyl (C=O) groups excluding carboxylic acids is 1. The van der Waals surface area contributed by atoms with Gasteiger partial charge in [0.1, 0.15) is 11.4 Å². The van der Waals surface area contributed by atoms with Crippen LogP contribution in [0.25, 0.3) is 0 Å². The molecule has 0 aromatic heterocycles. The highest BCUT2D eigenvalue weighted by molar-refractivity contribution is 7.89. The monoisotopic (exact) mass is 432 g/mol. The van der Waals surface area contributed by atoms with E-state index in [2.05, 4.69) is 10.3 Å². The summed E-state index contributed by atoms with van der Waals surface area (Å²) in [6, 6.07) is 4.02. The molecule has 1 aromatic rings. The van der Waals surface area contributed by atoms with Crippen molar-refractivity contribution in [2.75, 3.05) is 18.1 Å². The van der Waals surface area contributed by atoms with Crippen molar-refractivity contribution in [3.63, 3.8) is 0 Å². The number of allylic oxidation sites excluding steroid dienone is 4. The normalized spacial score (nSPS) is 23.6. The number of sulfonamides is 1. The molecule has 1 aromatic carbocycles. The Hall–Kier alpha value is -2.94. The predicted octanol–water partition coefficient (Wildman–Crippen LogP) is 2.79. The van der Waals surface area contributed by atoms with Gasteiger partial charge in [-0.05, 0) is 51.0 Å². The van der Waals surface area contributed by atoms with Gasteiger partial charge in [-0.15, -0.1) is 0 Å². The Bertz CT molecular complexity index is 1110. The number of carbonyl (C=O) groups is 1. The number of halogens is 1. The molecule has 3 N–H and O–H groups in total. The van der Waals surface area contributed by atoms with Gasteiger partial charge in [-0.1, -0.05) is 23.8 Å². The van der Waals surface area contributed by atoms with Crippen molar-refractivity contribution in [2.45, 2.75) is 32.2 Å². The Morgan fingerprint density at radius 2 is 2.07 bits per heavy atom. The highest BCUT2D eigenvalue weighted by Gasteiger charge is 2.41. The molecule has 1 heterocycles. The SMILES string of the molecule is CC1=C(C(=O)Nc2ccc(F)c(C3(C)CS(=O)(=O)N(C)C(N)=N3)c2)C=CC=CCC1. The van der Waals surface area contributed by atoms with Crippen LogP contribution >= 0.6 is 0 Å². The summed E-state index contributed by atoms with van der Waals surface area (Å²) in [6.45, 7) is 3.40. The van der Waals surface area contributed by atoms with Crippen molar-refractivity contribution in [2.24, 2.45) is 10.7 Å². The molecule has 7 nitrogen and oxygen atoms in total. The largest absolute Gasteiger partial charge is 0.369 e. The van der Waals surface area contributed by atoms with Crippen molar-refractivity contribution in [1.29, 1.82) is 0 Å². The summed E-state index contributed by atoms with van der Waals surface area (Å²) < 4.78 is 40.4. The Morgan fingerprint density at radius 3 is 2.77 bits per heavy atom. The fourth-order valence-corrected chi connectivity index (χ4v) is 4.92. The smallest absolute Gasteiger partial charge is 0.255 e. The molecule has 30 heavy (non-hydrogen) atoms. The molecule has 2 aliphatic rings. The van der Waals surface area contributed by atoms with E-state index >= 15 is 0 Å². The molecule has 0 saturated heterocycles. The molecule has 1 atom stereocenters. The molecule has 9 heteroatoms. The van der Waals surface area contributed by atoms with Crippen LogP contribution in [0.2, 0.25) is 0 Å². The number of hydrogen-bond donors (Lipinski definition) is 2. The first kappa shape index (κ1) is 21.8. The van der Waals surface area contributed by atoms with Crippen molar-refractivity contribution in [3.05, 3.63) is 65.0 Å². The minimum atomic E-state index is -3.75. The van der Waals surface area contributed by atoms with E-state index in [4.69, 9.17) is 5.73 Å². The van der Waals surface area contributed by atoms with Gasteiger partial charge < -0.3 is 11.1 Å². The van der Waals surface area contributed by atoms with Gasteiger partial charge in [0, 0.05) is 23.9 Å². The molecule has 0 saturated carbocycles. The number of aliphatic imine (C=N–C) groups is 1. The molecular formula is C21H25FN4O3S. The summed E-state index contributed by atoms with van der Waals surface area (Å²) in [5.74, 6) is -1.60. The Morgan fingerprint density at radius 1 is 1.33 bits per heavy atom. The Balaban J connectivity index is 1.96. The van der Waals surface area contributed by atoms with Crippen LogP contribution in [0, 0.1) is 5.82 Å². The van der Waals surface area contributed by atoms with E-state index in [1.807, 2.05) is 19.1 Å². The first-order chi connectivity index (χ1) is 14.0. The third kappa shape index (κ3) is 4.30. The number of guanidine groups is 1. The molecule has 1 aliphatic heterocycles. The fraction of sp³-hybridized carbons (Fsp3) is 0.333. The number of nitrogens with one attached hydrogen (secondary N) is 1. The summed E-state index contributed by atoms with van der Waals surface area (Å²) in [4.78, 5) is 17.0. The molecule has 3 rings (SSSR count). The molecule has 0 spiro atoms. The maximum absolute atomic E-state index is 14.7. The number of anilines is 1. The van der Waals surface area contributed by atoms with E-state index in [0.717, 1.165) is 22.7 Å². The zero-order chi connectivity index (χ0) is 22.1. The minimum Gasteiger partial charge on any atom is -0.369 e. The van der Waals surface area contributed by atoms with Crippen LogP contribution in [0.3, 0.4) is 0 Å². The average Bonchev–Trinajstić information content (AvgIpc) is 2.64. The summed E-state index contributed by atoms with van der Waals surface area (Å²) in [7, 11) is -2.45. The van der Waals surface area contributed by atoms with Crippen LogP contribution in [0.4, 0.5) is 10.1 Å². The topological polar surface area (TPSA) is 105 Å². The van der Waals surface area contributed by atoms with Crippen LogP contribution in [0.5, 0.6) is 0 Å². The quantitative estimate of drug-likeness (QED) is 0.766. The number of amides is 1. The van der Waals surface area contributed by atoms with Crippen molar-refractivity contribution < 1.29 is 17.6 Å². The molecule has 1 aliphatic carbocycles. The van der Waals surface area contributed by atoms with E-state index in [-0.39, 0.29) is 17.4 Å². The third-order valence-corrected chi connectivity index (χ3v) is 7.22. The third-order valence-electron chi connectivity index (χ3n) is 5.27. The van der Waals surface area contributed by atoms with Gasteiger partial charge in [-0.25, -0.2) is 22.1 Å². The zero-order valence-electron chi connectivity index (χ0n) is 17.1. The lowest BCUT2D eigenvalue weighted by molar-refractivity contribution is -0.112. The summed E-state index contributed by atoms with van der Waals surface area (Å²) in [6.07, 6.45) is 9.06. The van der Waals surface area contributed by atoms with Crippen LogP contribution in [0.15, 0.2) is 58.6 Å². The maximum Gasteiger partial charge on any atom is 0.255 e. The Labute approximate surface area is 175 Å². The zero-order valence-corrected chi connectivity index (χ0v) is 18.0. The minimum absolute atomic E-state index is 0.0433. The first-order valence-electron chi connectivity index (χ1n) is 9.50. The number of nitrogens with zero attached hydrogens (tertiary/aromatic N) is 2. The highest BCUT2D eigenvalue weighted by atomic mass is 32.2. The van der Waals surface area contributed by atoms with Crippen LogP contribution in [-0.4, -0.2) is 37.4 Å². The van der Waals surface area contributed by atoms with Crippen molar-refractivity contribution in [3.8, 4) is 0 Å². The molecule has 0 fully saturated rings. The van der Waals surface area contributed by atoms with Gasteiger partial charge in [0.15, 0.2) is 0 Å². The lowest BCUT2D eigenvalue weighted by Crippen LogP contribution is -2.50. The first-order valence-corrected chi connectivity index (χ1v) is 11.1. The standard InChI is InChI=1S/C21H25FN4O3S/c1-14-8-6-4-5-7-9-16(14)19(27)24-15-10-11-18(22)17(12-15)21(2)13-30(28,29)26(3)20(23)25-21/h4-5,7,9-12H,6,8,13H2,1-3H3,(H2,23,25)(H,24,27). The number of nitrogens with two attached hydrogens (primary N) is 1. The van der Waals surface area contributed by atoms with E-state index in [1.165, 1.54) is 32.2 Å². The van der Waals surface area contributed by atoms with E-state index < -0.39 is 27.1 Å². The van der Waals surface area contributed by atoms with Gasteiger partial charge >= 0.3 is 0 Å². The van der Waals surface area contributed by atoms with Gasteiger partial charge in [-0.2, -0.15) is 0 Å². The average molecular weight is 433 g/mol. The van der Waals surface area contributed by atoms with E-state index in [1.54, 1.807) is 12.2 Å². The van der Waals surface area contributed by atoms with Crippen LogP contribution < -0.4 is 11.1 Å². The lowest BCUT2D eigenvalue weighted by atomic mass is 9.93. The fourth-order valence-electron chi connectivity index (χ4n) is 3.48. The van der Waals surface area contributed by atoms with Crippen molar-refractivity contribution >= 4 is 27.6 Å². The van der Waals surface area contributed by atoms with Gasteiger partial charge in [0.05, 0.1) is 5.75 Å². The molecule has 0 bridgehead atoms. The second-order valence-corrected chi connectivity index (χ2v) is 9.64. The number of benzene rings is 1.